The smallest absolute Gasteiger partial charge is 0.134 e. The standard InChI is InChI=1S/C9H4Br3Cl2N3/c1-3(2-15)16-17-9-5(11)7(13)4(10)8(14)6(9)12/h17H,1H3. The fraction of sp³-hybridized carbons (Fsp3) is 0.111. The Morgan fingerprint density at radius 2 is 1.65 bits per heavy atom. The van der Waals surface area contributed by atoms with Gasteiger partial charge in [-0.25, -0.2) is 0 Å². The lowest BCUT2D eigenvalue weighted by molar-refractivity contribution is 1.30. The van der Waals surface area contributed by atoms with E-state index >= 15 is 0 Å². The van der Waals surface area contributed by atoms with Crippen molar-refractivity contribution >= 4 is 82.4 Å². The van der Waals surface area contributed by atoms with Crippen LogP contribution < -0.4 is 5.43 Å². The average molecular weight is 465 g/mol. The molecule has 0 bridgehead atoms. The van der Waals surface area contributed by atoms with Crippen molar-refractivity contribution in [1.29, 1.82) is 5.26 Å². The van der Waals surface area contributed by atoms with Crippen molar-refractivity contribution in [1.82, 2.24) is 0 Å². The quantitative estimate of drug-likeness (QED) is 0.268. The molecule has 0 aliphatic carbocycles. The van der Waals surface area contributed by atoms with E-state index in [0.29, 0.717) is 34.9 Å². The topological polar surface area (TPSA) is 48.2 Å². The lowest BCUT2D eigenvalue weighted by Gasteiger charge is -2.12. The number of nitrogens with zero attached hydrogens (tertiary/aromatic N) is 2. The predicted octanol–water partition coefficient (Wildman–Crippen LogP) is 5.59. The Bertz CT molecular complexity index is 508. The van der Waals surface area contributed by atoms with E-state index in [1.54, 1.807) is 6.92 Å². The van der Waals surface area contributed by atoms with Crippen LogP contribution in [0.2, 0.25) is 10.0 Å². The molecule has 3 nitrogen and oxygen atoms in total. The molecule has 0 atom stereocenters. The maximum absolute atomic E-state index is 8.60. The third-order valence-electron chi connectivity index (χ3n) is 1.71. The summed E-state index contributed by atoms with van der Waals surface area (Å²) < 4.78 is 1.76. The van der Waals surface area contributed by atoms with Crippen LogP contribution in [-0.4, -0.2) is 5.71 Å². The van der Waals surface area contributed by atoms with Gasteiger partial charge in [0.2, 0.25) is 0 Å². The van der Waals surface area contributed by atoms with Crippen molar-refractivity contribution in [2.75, 3.05) is 5.43 Å². The molecule has 17 heavy (non-hydrogen) atoms. The molecular weight excluding hydrogens is 461 g/mol. The van der Waals surface area contributed by atoms with Crippen LogP contribution in [0.25, 0.3) is 0 Å². The Labute approximate surface area is 134 Å². The molecule has 0 fully saturated rings. The average Bonchev–Trinajstić information content (AvgIpc) is 2.33. The normalized spacial score (nSPS) is 11.2. The maximum atomic E-state index is 8.60. The first kappa shape index (κ1) is 15.3. The van der Waals surface area contributed by atoms with E-state index < -0.39 is 0 Å². The van der Waals surface area contributed by atoms with Gasteiger partial charge < -0.3 is 0 Å². The monoisotopic (exact) mass is 461 g/mol. The molecule has 0 heterocycles. The molecule has 0 unspecified atom stereocenters. The van der Waals surface area contributed by atoms with Crippen LogP contribution in [0.4, 0.5) is 5.69 Å². The van der Waals surface area contributed by atoms with E-state index in [-0.39, 0.29) is 0 Å². The van der Waals surface area contributed by atoms with Crippen LogP contribution >= 0.6 is 71.0 Å². The molecule has 1 N–H and O–H groups in total. The minimum absolute atomic E-state index is 0.291. The number of hydrogen-bond donors (Lipinski definition) is 1. The Kier molecular flexibility index (Phi) is 5.74. The van der Waals surface area contributed by atoms with E-state index in [2.05, 4.69) is 58.3 Å². The summed E-state index contributed by atoms with van der Waals surface area (Å²) in [6.07, 6.45) is 0. The number of anilines is 1. The van der Waals surface area contributed by atoms with Gasteiger partial charge in [-0.1, -0.05) is 23.2 Å². The molecule has 1 aromatic carbocycles. The number of benzene rings is 1. The molecule has 0 aromatic heterocycles. The summed E-state index contributed by atoms with van der Waals surface area (Å²) >= 11 is 22.0. The number of rotatable bonds is 2. The summed E-state index contributed by atoms with van der Waals surface area (Å²) in [5.74, 6) is 0. The molecule has 1 aromatic rings. The molecule has 0 spiro atoms. The van der Waals surface area contributed by atoms with Gasteiger partial charge in [0.15, 0.2) is 0 Å². The lowest BCUT2D eigenvalue weighted by Crippen LogP contribution is -1.97. The zero-order chi connectivity index (χ0) is 13.2. The SMILES string of the molecule is CC(C#N)=NNc1c(Br)c(Cl)c(Br)c(Cl)c1Br. The fourth-order valence-electron chi connectivity index (χ4n) is 0.868. The second-order valence-corrected chi connectivity index (χ2v) is 6.00. The number of halogens is 5. The molecule has 0 saturated carbocycles. The molecular formula is C9H4Br3Cl2N3. The number of nitrogens with one attached hydrogen (secondary N) is 1. The van der Waals surface area contributed by atoms with Gasteiger partial charge in [0.1, 0.15) is 11.8 Å². The highest BCUT2D eigenvalue weighted by molar-refractivity contribution is 9.12. The van der Waals surface area contributed by atoms with Gasteiger partial charge in [-0.05, 0) is 54.7 Å². The van der Waals surface area contributed by atoms with Gasteiger partial charge in [-0.15, -0.1) is 0 Å². The summed E-state index contributed by atoms with van der Waals surface area (Å²) in [6.45, 7) is 1.58. The van der Waals surface area contributed by atoms with Crippen LogP contribution in [0.15, 0.2) is 18.5 Å². The van der Waals surface area contributed by atoms with Crippen molar-refractivity contribution in [3.63, 3.8) is 0 Å². The molecule has 0 saturated heterocycles. The first-order chi connectivity index (χ1) is 7.90. The van der Waals surface area contributed by atoms with Gasteiger partial charge >= 0.3 is 0 Å². The molecule has 8 heteroatoms. The van der Waals surface area contributed by atoms with E-state index in [1.165, 1.54) is 0 Å². The highest BCUT2D eigenvalue weighted by atomic mass is 79.9. The summed E-state index contributed by atoms with van der Waals surface area (Å²) in [5.41, 5.74) is 3.57. The third-order valence-corrected chi connectivity index (χ3v) is 5.76. The van der Waals surface area contributed by atoms with Crippen LogP contribution in [0, 0.1) is 11.3 Å². The lowest BCUT2D eigenvalue weighted by atomic mass is 10.3. The van der Waals surface area contributed by atoms with E-state index in [4.69, 9.17) is 28.5 Å². The second-order valence-electron chi connectivity index (χ2n) is 2.87. The summed E-state index contributed by atoms with van der Waals surface area (Å²) in [5, 5.41) is 13.3. The molecule has 0 amide bonds. The summed E-state index contributed by atoms with van der Waals surface area (Å²) in [4.78, 5) is 0. The van der Waals surface area contributed by atoms with Gasteiger partial charge in [-0.2, -0.15) is 10.4 Å². The van der Waals surface area contributed by atoms with Crippen molar-refractivity contribution < 1.29 is 0 Å². The zero-order valence-corrected chi connectivity index (χ0v) is 14.6. The maximum Gasteiger partial charge on any atom is 0.134 e. The van der Waals surface area contributed by atoms with E-state index in [0.717, 1.165) is 0 Å². The highest BCUT2D eigenvalue weighted by Crippen LogP contribution is 2.47. The minimum Gasteiger partial charge on any atom is -0.275 e. The minimum atomic E-state index is 0.291. The van der Waals surface area contributed by atoms with E-state index in [1.807, 2.05) is 6.07 Å². The van der Waals surface area contributed by atoms with Crippen LogP contribution in [0.3, 0.4) is 0 Å². The first-order valence-electron chi connectivity index (χ1n) is 4.12. The van der Waals surface area contributed by atoms with E-state index in [9.17, 15) is 0 Å². The van der Waals surface area contributed by atoms with Crippen molar-refractivity contribution in [2.45, 2.75) is 6.92 Å². The molecule has 0 aliphatic rings. The zero-order valence-electron chi connectivity index (χ0n) is 8.28. The number of hydrazone groups is 1. The predicted molar refractivity (Wildman–Crippen MR) is 81.9 cm³/mol. The largest absolute Gasteiger partial charge is 0.275 e. The molecule has 0 aliphatic heterocycles. The van der Waals surface area contributed by atoms with Crippen LogP contribution in [0.1, 0.15) is 6.92 Å². The van der Waals surface area contributed by atoms with Gasteiger partial charge in [-0.3, -0.25) is 5.43 Å². The Morgan fingerprint density at radius 1 is 1.18 bits per heavy atom. The fourth-order valence-corrected chi connectivity index (χ4v) is 3.46. The van der Waals surface area contributed by atoms with Gasteiger partial charge in [0.05, 0.1) is 29.2 Å². The van der Waals surface area contributed by atoms with Crippen molar-refractivity contribution in [2.24, 2.45) is 5.10 Å². The molecule has 0 radical (unpaired) electrons. The third kappa shape index (κ3) is 3.36. The number of hydrogen-bond acceptors (Lipinski definition) is 3. The van der Waals surface area contributed by atoms with Crippen LogP contribution in [-0.2, 0) is 0 Å². The summed E-state index contributed by atoms with van der Waals surface area (Å²) in [6, 6.07) is 1.90. The molecule has 90 valence electrons. The Balaban J connectivity index is 3.31. The second kappa shape index (κ2) is 6.39. The summed E-state index contributed by atoms with van der Waals surface area (Å²) in [7, 11) is 0. The van der Waals surface area contributed by atoms with Crippen LogP contribution in [0.5, 0.6) is 0 Å². The Hall–Kier alpha value is 0.200. The van der Waals surface area contributed by atoms with Crippen molar-refractivity contribution in [3.8, 4) is 6.07 Å². The first-order valence-corrected chi connectivity index (χ1v) is 7.25. The van der Waals surface area contributed by atoms with Crippen molar-refractivity contribution in [3.05, 3.63) is 23.5 Å². The Morgan fingerprint density at radius 3 is 2.06 bits per heavy atom. The number of nitriles is 1. The molecule has 1 rings (SSSR count). The highest BCUT2D eigenvalue weighted by Gasteiger charge is 2.17. The van der Waals surface area contributed by atoms with Gasteiger partial charge in [0.25, 0.3) is 0 Å². The van der Waals surface area contributed by atoms with Gasteiger partial charge in [0, 0.05) is 0 Å².